The molecule has 2 aromatic carbocycles. The van der Waals surface area contributed by atoms with E-state index in [4.69, 9.17) is 16.3 Å². The van der Waals surface area contributed by atoms with Crippen molar-refractivity contribution in [3.63, 3.8) is 0 Å². The van der Waals surface area contributed by atoms with Crippen LogP contribution in [0.3, 0.4) is 0 Å². The third-order valence-corrected chi connectivity index (χ3v) is 3.69. The molecule has 7 heteroatoms. The van der Waals surface area contributed by atoms with Gasteiger partial charge in [0, 0.05) is 16.9 Å². The van der Waals surface area contributed by atoms with Crippen LogP contribution >= 0.6 is 11.6 Å². The number of carbonyl (C=O) groups is 1. The second-order valence-corrected chi connectivity index (χ2v) is 5.72. The van der Waals surface area contributed by atoms with Gasteiger partial charge in [-0.1, -0.05) is 23.7 Å². The van der Waals surface area contributed by atoms with Gasteiger partial charge in [0.05, 0.1) is 17.9 Å². The predicted molar refractivity (Wildman–Crippen MR) is 102 cm³/mol. The van der Waals surface area contributed by atoms with Gasteiger partial charge in [0.2, 0.25) is 5.95 Å². The van der Waals surface area contributed by atoms with Gasteiger partial charge in [-0.25, -0.2) is 9.78 Å². The normalized spacial score (nSPS) is 10.2. The van der Waals surface area contributed by atoms with Crippen molar-refractivity contribution < 1.29 is 9.53 Å². The van der Waals surface area contributed by atoms with Crippen molar-refractivity contribution >= 4 is 40.7 Å². The molecule has 1 heterocycles. The van der Waals surface area contributed by atoms with Crippen molar-refractivity contribution in [2.45, 2.75) is 6.92 Å². The average molecular weight is 369 g/mol. The van der Waals surface area contributed by atoms with Crippen LogP contribution in [0.5, 0.6) is 0 Å². The van der Waals surface area contributed by atoms with E-state index in [1.165, 1.54) is 0 Å². The van der Waals surface area contributed by atoms with Gasteiger partial charge in [-0.15, -0.1) is 0 Å². The lowest BCUT2D eigenvalue weighted by molar-refractivity contribution is 0.0527. The fourth-order valence-corrected chi connectivity index (χ4v) is 2.39. The minimum Gasteiger partial charge on any atom is -0.462 e. The number of carbonyl (C=O) groups excluding carboxylic acids is 1. The number of aromatic nitrogens is 2. The summed E-state index contributed by atoms with van der Waals surface area (Å²) in [6, 6.07) is 16.1. The number of ether oxygens (including phenoxy) is 1. The number of para-hydroxylation sites is 1. The van der Waals surface area contributed by atoms with Crippen molar-refractivity contribution in [1.82, 2.24) is 9.97 Å². The molecule has 0 saturated carbocycles. The van der Waals surface area contributed by atoms with Crippen LogP contribution in [0.1, 0.15) is 17.3 Å². The fraction of sp³-hybridized carbons (Fsp3) is 0.105. The summed E-state index contributed by atoms with van der Waals surface area (Å²) in [4.78, 5) is 20.7. The fourth-order valence-electron chi connectivity index (χ4n) is 2.27. The topological polar surface area (TPSA) is 76.1 Å². The van der Waals surface area contributed by atoms with Crippen LogP contribution in [-0.4, -0.2) is 22.5 Å². The number of esters is 1. The molecule has 0 unspecified atom stereocenters. The molecule has 26 heavy (non-hydrogen) atoms. The maximum absolute atomic E-state index is 12.1. The quantitative estimate of drug-likeness (QED) is 0.609. The molecule has 0 fully saturated rings. The molecule has 0 saturated heterocycles. The lowest BCUT2D eigenvalue weighted by Crippen LogP contribution is -2.08. The molecule has 3 aromatic rings. The Bertz CT molecular complexity index is 900. The highest BCUT2D eigenvalue weighted by Crippen LogP contribution is 2.22. The van der Waals surface area contributed by atoms with E-state index >= 15 is 0 Å². The maximum Gasteiger partial charge on any atom is 0.340 e. The molecule has 0 radical (unpaired) electrons. The van der Waals surface area contributed by atoms with Crippen LogP contribution < -0.4 is 10.6 Å². The van der Waals surface area contributed by atoms with E-state index in [9.17, 15) is 4.79 Å². The van der Waals surface area contributed by atoms with Gasteiger partial charge in [-0.05, 0) is 49.4 Å². The van der Waals surface area contributed by atoms with Crippen molar-refractivity contribution in [3.8, 4) is 0 Å². The summed E-state index contributed by atoms with van der Waals surface area (Å²) in [6.07, 6.45) is 1.63. The highest BCUT2D eigenvalue weighted by atomic mass is 35.5. The molecular formula is C19H17ClN4O2. The van der Waals surface area contributed by atoms with E-state index < -0.39 is 0 Å². The maximum atomic E-state index is 12.1. The van der Waals surface area contributed by atoms with Gasteiger partial charge in [0.1, 0.15) is 5.82 Å². The van der Waals surface area contributed by atoms with E-state index in [1.807, 2.05) is 18.2 Å². The zero-order valence-corrected chi connectivity index (χ0v) is 14.8. The molecule has 3 rings (SSSR count). The Balaban J connectivity index is 1.79. The first-order valence-corrected chi connectivity index (χ1v) is 8.42. The smallest absolute Gasteiger partial charge is 0.340 e. The molecule has 0 spiro atoms. The van der Waals surface area contributed by atoms with Crippen LogP contribution in [0.15, 0.2) is 60.8 Å². The summed E-state index contributed by atoms with van der Waals surface area (Å²) in [5, 5.41) is 6.89. The zero-order valence-electron chi connectivity index (χ0n) is 14.1. The van der Waals surface area contributed by atoms with Crippen molar-refractivity contribution in [3.05, 3.63) is 71.4 Å². The van der Waals surface area contributed by atoms with Crippen LogP contribution in [0.2, 0.25) is 5.02 Å². The Morgan fingerprint density at radius 3 is 2.62 bits per heavy atom. The average Bonchev–Trinajstić information content (AvgIpc) is 2.65. The number of hydrogen-bond donors (Lipinski definition) is 2. The van der Waals surface area contributed by atoms with E-state index in [0.29, 0.717) is 34.6 Å². The standard InChI is InChI=1S/C19H17ClN4O2/c1-2-26-18(25)15-5-3-4-6-16(15)23-17-11-12-21-19(24-17)22-14-9-7-13(20)8-10-14/h3-12H,2H2,1H3,(H2,21,22,23,24). The van der Waals surface area contributed by atoms with Crippen LogP contribution in [0.25, 0.3) is 0 Å². The minimum atomic E-state index is -0.385. The summed E-state index contributed by atoms with van der Waals surface area (Å²) in [5.74, 6) is 0.586. The molecule has 0 aliphatic heterocycles. The molecule has 0 aliphatic carbocycles. The number of benzene rings is 2. The molecule has 2 N–H and O–H groups in total. The number of nitrogens with one attached hydrogen (secondary N) is 2. The molecule has 6 nitrogen and oxygen atoms in total. The van der Waals surface area contributed by atoms with Crippen molar-refractivity contribution in [1.29, 1.82) is 0 Å². The summed E-state index contributed by atoms with van der Waals surface area (Å²) in [6.45, 7) is 2.09. The molecule has 0 aliphatic rings. The van der Waals surface area contributed by atoms with E-state index in [1.54, 1.807) is 49.5 Å². The first kappa shape index (κ1) is 17.7. The summed E-state index contributed by atoms with van der Waals surface area (Å²) < 4.78 is 5.08. The predicted octanol–water partition coefficient (Wildman–Crippen LogP) is 4.79. The van der Waals surface area contributed by atoms with Gasteiger partial charge >= 0.3 is 5.97 Å². The Morgan fingerprint density at radius 2 is 1.85 bits per heavy atom. The second-order valence-electron chi connectivity index (χ2n) is 5.29. The number of rotatable bonds is 6. The summed E-state index contributed by atoms with van der Waals surface area (Å²) in [7, 11) is 0. The zero-order chi connectivity index (χ0) is 18.4. The number of halogens is 1. The summed E-state index contributed by atoms with van der Waals surface area (Å²) >= 11 is 5.89. The number of hydrogen-bond acceptors (Lipinski definition) is 6. The minimum absolute atomic E-state index is 0.315. The molecule has 0 amide bonds. The lowest BCUT2D eigenvalue weighted by atomic mass is 10.2. The third kappa shape index (κ3) is 4.49. The Hall–Kier alpha value is -3.12. The monoisotopic (exact) mass is 368 g/mol. The number of nitrogens with zero attached hydrogens (tertiary/aromatic N) is 2. The van der Waals surface area contributed by atoms with Crippen LogP contribution in [0.4, 0.5) is 23.1 Å². The largest absolute Gasteiger partial charge is 0.462 e. The van der Waals surface area contributed by atoms with Gasteiger partial charge in [0.15, 0.2) is 0 Å². The van der Waals surface area contributed by atoms with E-state index in [0.717, 1.165) is 5.69 Å². The molecule has 0 atom stereocenters. The highest BCUT2D eigenvalue weighted by molar-refractivity contribution is 6.30. The first-order chi connectivity index (χ1) is 12.7. The van der Waals surface area contributed by atoms with E-state index in [-0.39, 0.29) is 5.97 Å². The Kier molecular flexibility index (Phi) is 5.66. The Labute approximate surface area is 156 Å². The van der Waals surface area contributed by atoms with Crippen molar-refractivity contribution in [2.75, 3.05) is 17.2 Å². The van der Waals surface area contributed by atoms with E-state index in [2.05, 4.69) is 20.6 Å². The molecule has 0 bridgehead atoms. The van der Waals surface area contributed by atoms with Gasteiger partial charge in [0.25, 0.3) is 0 Å². The highest BCUT2D eigenvalue weighted by Gasteiger charge is 2.12. The van der Waals surface area contributed by atoms with Crippen LogP contribution in [-0.2, 0) is 4.74 Å². The van der Waals surface area contributed by atoms with Gasteiger partial charge < -0.3 is 15.4 Å². The second kappa shape index (κ2) is 8.31. The van der Waals surface area contributed by atoms with Gasteiger partial charge in [-0.2, -0.15) is 4.98 Å². The van der Waals surface area contributed by atoms with Crippen LogP contribution in [0, 0.1) is 0 Å². The van der Waals surface area contributed by atoms with Crippen molar-refractivity contribution in [2.24, 2.45) is 0 Å². The lowest BCUT2D eigenvalue weighted by Gasteiger charge is -2.11. The number of anilines is 4. The Morgan fingerprint density at radius 1 is 1.08 bits per heavy atom. The molecular weight excluding hydrogens is 352 g/mol. The SMILES string of the molecule is CCOC(=O)c1ccccc1Nc1ccnc(Nc2ccc(Cl)cc2)n1. The molecule has 1 aromatic heterocycles. The first-order valence-electron chi connectivity index (χ1n) is 8.04. The van der Waals surface area contributed by atoms with Gasteiger partial charge in [-0.3, -0.25) is 0 Å². The molecule has 132 valence electrons. The third-order valence-electron chi connectivity index (χ3n) is 3.44. The summed E-state index contributed by atoms with van der Waals surface area (Å²) in [5.41, 5.74) is 1.88.